The highest BCUT2D eigenvalue weighted by Gasteiger charge is 2.19. The number of nitrogens with zero attached hydrogens (tertiary/aromatic N) is 3. The molecule has 0 aliphatic heterocycles. The molecule has 1 aromatic carbocycles. The lowest BCUT2D eigenvalue weighted by atomic mass is 9.83. The summed E-state index contributed by atoms with van der Waals surface area (Å²) in [6.07, 6.45) is 2.62. The lowest BCUT2D eigenvalue weighted by molar-refractivity contribution is 0.368. The van der Waals surface area contributed by atoms with Crippen molar-refractivity contribution in [3.63, 3.8) is 0 Å². The van der Waals surface area contributed by atoms with Gasteiger partial charge in [-0.3, -0.25) is 4.99 Å². The van der Waals surface area contributed by atoms with Gasteiger partial charge in [0.05, 0.1) is 7.11 Å². The lowest BCUT2D eigenvalue weighted by Crippen LogP contribution is -2.18. The Morgan fingerprint density at radius 3 is 2.48 bits per heavy atom. The quantitative estimate of drug-likeness (QED) is 0.415. The summed E-state index contributed by atoms with van der Waals surface area (Å²) in [5.74, 6) is 1.50. The van der Waals surface area contributed by atoms with Crippen LogP contribution in [0, 0.1) is 5.41 Å². The summed E-state index contributed by atoms with van der Waals surface area (Å²) in [5.41, 5.74) is 4.94. The van der Waals surface area contributed by atoms with E-state index in [1.807, 2.05) is 43.3 Å². The number of amidine groups is 1. The van der Waals surface area contributed by atoms with Crippen LogP contribution in [0.3, 0.4) is 0 Å². The van der Waals surface area contributed by atoms with E-state index in [9.17, 15) is 0 Å². The highest BCUT2D eigenvalue weighted by molar-refractivity contribution is 6.11. The molecule has 0 aliphatic rings. The molecule has 0 N–H and O–H groups in total. The first-order valence-corrected chi connectivity index (χ1v) is 10.1. The second-order valence-corrected chi connectivity index (χ2v) is 8.08. The van der Waals surface area contributed by atoms with Crippen LogP contribution >= 0.6 is 0 Å². The third kappa shape index (κ3) is 6.38. The lowest BCUT2D eigenvalue weighted by Gasteiger charge is -2.23. The number of aromatic nitrogens is 1. The number of aliphatic imine (C=N–C) groups is 2. The Bertz CT molecular complexity index is 910. The fraction of sp³-hybridized carbons (Fsp3) is 0.400. The minimum atomic E-state index is 0.162. The van der Waals surface area contributed by atoms with Crippen molar-refractivity contribution < 1.29 is 4.74 Å². The Hall–Kier alpha value is -2.75. The van der Waals surface area contributed by atoms with E-state index in [0.29, 0.717) is 12.3 Å². The van der Waals surface area contributed by atoms with E-state index in [0.717, 1.165) is 46.8 Å². The number of pyridine rings is 1. The number of rotatable bonds is 8. The van der Waals surface area contributed by atoms with Gasteiger partial charge in [0.15, 0.2) is 5.84 Å². The predicted octanol–water partition coefficient (Wildman–Crippen LogP) is 5.90. The van der Waals surface area contributed by atoms with Gasteiger partial charge in [-0.1, -0.05) is 58.0 Å². The summed E-state index contributed by atoms with van der Waals surface area (Å²) in [7, 11) is 3.45. The fourth-order valence-corrected chi connectivity index (χ4v) is 2.96. The number of hydrogen-bond acceptors (Lipinski definition) is 3. The molecule has 0 aliphatic carbocycles. The molecule has 154 valence electrons. The molecule has 2 rings (SSSR count). The third-order valence-corrected chi connectivity index (χ3v) is 5.15. The first-order valence-electron chi connectivity index (χ1n) is 10.1. The van der Waals surface area contributed by atoms with Gasteiger partial charge >= 0.3 is 0 Å². The summed E-state index contributed by atoms with van der Waals surface area (Å²) in [5, 5.41) is 0. The highest BCUT2D eigenvalue weighted by Crippen LogP contribution is 2.27. The van der Waals surface area contributed by atoms with Gasteiger partial charge in [-0.2, -0.15) is 0 Å². The van der Waals surface area contributed by atoms with Gasteiger partial charge in [-0.25, -0.2) is 9.98 Å². The normalized spacial score (nSPS) is 12.8. The zero-order chi connectivity index (χ0) is 21.4. The van der Waals surface area contributed by atoms with Crippen molar-refractivity contribution >= 4 is 11.5 Å². The molecule has 0 amide bonds. The largest absolute Gasteiger partial charge is 0.496 e. The van der Waals surface area contributed by atoms with Gasteiger partial charge in [0.25, 0.3) is 0 Å². The molecule has 2 aromatic rings. The maximum atomic E-state index is 5.47. The fourth-order valence-electron chi connectivity index (χ4n) is 2.96. The van der Waals surface area contributed by atoms with Gasteiger partial charge in [0.2, 0.25) is 0 Å². The second kappa shape index (κ2) is 10.1. The molecule has 4 heteroatoms. The van der Waals surface area contributed by atoms with Crippen molar-refractivity contribution in [2.45, 2.75) is 47.0 Å². The molecule has 0 bridgehead atoms. The molecule has 1 aromatic heterocycles. The second-order valence-electron chi connectivity index (χ2n) is 8.08. The SMILES string of the molecule is C=C(C)C(CC(C)(C)CC)=NC(=NC)c1cccc(Cc2ccccc2OC)n1. The van der Waals surface area contributed by atoms with E-state index in [1.165, 1.54) is 0 Å². The average molecular weight is 392 g/mol. The zero-order valence-corrected chi connectivity index (χ0v) is 18.6. The van der Waals surface area contributed by atoms with Gasteiger partial charge in [0.1, 0.15) is 11.4 Å². The minimum absolute atomic E-state index is 0.162. The van der Waals surface area contributed by atoms with Crippen molar-refractivity contribution in [2.75, 3.05) is 14.2 Å². The molecule has 29 heavy (non-hydrogen) atoms. The first-order chi connectivity index (χ1) is 13.8. The number of allylic oxidation sites excluding steroid dienone is 1. The van der Waals surface area contributed by atoms with E-state index in [-0.39, 0.29) is 5.41 Å². The summed E-state index contributed by atoms with van der Waals surface area (Å²) < 4.78 is 5.47. The number of para-hydroxylation sites is 1. The molecule has 0 fully saturated rings. The molecule has 4 nitrogen and oxygen atoms in total. The molecule has 0 atom stereocenters. The molecule has 0 spiro atoms. The Morgan fingerprint density at radius 1 is 1.14 bits per heavy atom. The maximum absolute atomic E-state index is 5.47. The average Bonchev–Trinajstić information content (AvgIpc) is 2.71. The van der Waals surface area contributed by atoms with E-state index in [4.69, 9.17) is 14.7 Å². The minimum Gasteiger partial charge on any atom is -0.496 e. The van der Waals surface area contributed by atoms with Crippen molar-refractivity contribution in [3.05, 3.63) is 71.6 Å². The molecule has 0 radical (unpaired) electrons. The van der Waals surface area contributed by atoms with Crippen LogP contribution in [0.25, 0.3) is 0 Å². The summed E-state index contributed by atoms with van der Waals surface area (Å²) in [6, 6.07) is 14.0. The van der Waals surface area contributed by atoms with Crippen molar-refractivity contribution in [1.82, 2.24) is 4.98 Å². The van der Waals surface area contributed by atoms with Gasteiger partial charge in [-0.15, -0.1) is 0 Å². The van der Waals surface area contributed by atoms with E-state index in [2.05, 4.69) is 38.4 Å². The van der Waals surface area contributed by atoms with Crippen LogP contribution in [0.5, 0.6) is 5.75 Å². The molecule has 0 saturated heterocycles. The topological polar surface area (TPSA) is 46.8 Å². The van der Waals surface area contributed by atoms with Crippen LogP contribution in [-0.4, -0.2) is 30.7 Å². The van der Waals surface area contributed by atoms with Crippen molar-refractivity contribution in [1.29, 1.82) is 0 Å². The van der Waals surface area contributed by atoms with E-state index < -0.39 is 0 Å². The molecule has 0 unspecified atom stereocenters. The molecular formula is C25H33N3O. The molecular weight excluding hydrogens is 358 g/mol. The third-order valence-electron chi connectivity index (χ3n) is 5.15. The van der Waals surface area contributed by atoms with Crippen LogP contribution in [0.15, 0.2) is 64.6 Å². The van der Waals surface area contributed by atoms with Crippen LogP contribution in [0.4, 0.5) is 0 Å². The van der Waals surface area contributed by atoms with Gasteiger partial charge in [0, 0.05) is 30.4 Å². The molecule has 0 saturated carbocycles. The number of ether oxygens (including phenoxy) is 1. The van der Waals surface area contributed by atoms with Crippen LogP contribution < -0.4 is 4.74 Å². The zero-order valence-electron chi connectivity index (χ0n) is 18.6. The Labute approximate surface area is 175 Å². The summed E-state index contributed by atoms with van der Waals surface area (Å²) in [6.45, 7) is 12.8. The smallest absolute Gasteiger partial charge is 0.173 e. The summed E-state index contributed by atoms with van der Waals surface area (Å²) >= 11 is 0. The van der Waals surface area contributed by atoms with E-state index in [1.54, 1.807) is 14.2 Å². The number of benzene rings is 1. The monoisotopic (exact) mass is 391 g/mol. The highest BCUT2D eigenvalue weighted by atomic mass is 16.5. The van der Waals surface area contributed by atoms with Crippen LogP contribution in [-0.2, 0) is 6.42 Å². The van der Waals surface area contributed by atoms with Gasteiger partial charge in [-0.05, 0) is 42.5 Å². The Kier molecular flexibility index (Phi) is 7.89. The van der Waals surface area contributed by atoms with Crippen molar-refractivity contribution in [3.8, 4) is 5.75 Å². The maximum Gasteiger partial charge on any atom is 0.173 e. The van der Waals surface area contributed by atoms with E-state index >= 15 is 0 Å². The Morgan fingerprint density at radius 2 is 1.86 bits per heavy atom. The first kappa shape index (κ1) is 22.5. The number of methoxy groups -OCH3 is 1. The number of hydrogen-bond donors (Lipinski definition) is 0. The Balaban J connectivity index is 2.34. The van der Waals surface area contributed by atoms with Crippen LogP contribution in [0.2, 0.25) is 0 Å². The van der Waals surface area contributed by atoms with Crippen molar-refractivity contribution in [2.24, 2.45) is 15.4 Å². The summed E-state index contributed by atoms with van der Waals surface area (Å²) in [4.78, 5) is 14.1. The van der Waals surface area contributed by atoms with Crippen LogP contribution in [0.1, 0.15) is 57.5 Å². The van der Waals surface area contributed by atoms with Gasteiger partial charge < -0.3 is 4.74 Å². The predicted molar refractivity (Wildman–Crippen MR) is 123 cm³/mol. The standard InChI is InChI=1S/C25H33N3O/c1-8-25(4,5)17-22(18(2)3)28-24(26-6)21-14-11-13-20(27-21)16-19-12-9-10-15-23(19)29-7/h9-15H,2,8,16-17H2,1,3-7H3. The molecule has 1 heterocycles.